The topological polar surface area (TPSA) is 73.9 Å². The molecular weight excluding hydrogens is 440 g/mol. The van der Waals surface area contributed by atoms with E-state index in [4.69, 9.17) is 16.3 Å². The van der Waals surface area contributed by atoms with Gasteiger partial charge < -0.3 is 20.3 Å². The molecule has 2 N–H and O–H groups in total. The molecule has 0 saturated carbocycles. The number of esters is 1. The van der Waals surface area contributed by atoms with Crippen LogP contribution in [-0.4, -0.2) is 56.7 Å². The van der Waals surface area contributed by atoms with Crippen molar-refractivity contribution in [3.63, 3.8) is 0 Å². The molecule has 1 fully saturated rings. The van der Waals surface area contributed by atoms with Gasteiger partial charge in [0.1, 0.15) is 0 Å². The fourth-order valence-electron chi connectivity index (χ4n) is 4.40. The molecular formula is C25H29ClN4O3. The van der Waals surface area contributed by atoms with E-state index in [0.29, 0.717) is 17.8 Å². The lowest BCUT2D eigenvalue weighted by atomic mass is 9.94. The first-order valence-electron chi connectivity index (χ1n) is 11.0. The number of ether oxygens (including phenoxy) is 1. The summed E-state index contributed by atoms with van der Waals surface area (Å²) in [6, 6.07) is 12.9. The summed E-state index contributed by atoms with van der Waals surface area (Å²) in [6.45, 7) is 7.79. The molecule has 0 aliphatic carbocycles. The van der Waals surface area contributed by atoms with Gasteiger partial charge in [0.05, 0.1) is 18.7 Å². The van der Waals surface area contributed by atoms with Gasteiger partial charge in [-0.15, -0.1) is 0 Å². The molecule has 2 aromatic rings. The van der Waals surface area contributed by atoms with Gasteiger partial charge in [-0.2, -0.15) is 0 Å². The van der Waals surface area contributed by atoms with E-state index in [2.05, 4.69) is 27.4 Å². The zero-order valence-electron chi connectivity index (χ0n) is 19.2. The Morgan fingerprint density at radius 2 is 1.79 bits per heavy atom. The van der Waals surface area contributed by atoms with Crippen molar-refractivity contribution in [2.45, 2.75) is 19.9 Å². The van der Waals surface area contributed by atoms with Gasteiger partial charge in [-0.1, -0.05) is 47.5 Å². The lowest BCUT2D eigenvalue weighted by Gasteiger charge is -2.38. The molecule has 7 nitrogen and oxygen atoms in total. The smallest absolute Gasteiger partial charge is 0.338 e. The number of piperazine rings is 1. The zero-order valence-corrected chi connectivity index (χ0v) is 19.9. The van der Waals surface area contributed by atoms with Crippen LogP contribution in [-0.2, 0) is 9.53 Å². The second-order valence-corrected chi connectivity index (χ2v) is 8.96. The zero-order chi connectivity index (χ0) is 23.5. The van der Waals surface area contributed by atoms with Gasteiger partial charge in [-0.25, -0.2) is 9.59 Å². The fraction of sp³-hybridized carbons (Fsp3) is 0.360. The molecule has 0 bridgehead atoms. The lowest BCUT2D eigenvalue weighted by Crippen LogP contribution is -2.51. The first-order chi connectivity index (χ1) is 15.9. The van der Waals surface area contributed by atoms with Gasteiger partial charge in [0.25, 0.3) is 0 Å². The molecule has 8 heteroatoms. The predicted molar refractivity (Wildman–Crippen MR) is 129 cm³/mol. The summed E-state index contributed by atoms with van der Waals surface area (Å²) in [4.78, 5) is 29.8. The quantitative estimate of drug-likeness (QED) is 0.656. The molecule has 4 rings (SSSR count). The van der Waals surface area contributed by atoms with E-state index >= 15 is 0 Å². The van der Waals surface area contributed by atoms with Crippen LogP contribution in [0.3, 0.4) is 0 Å². The van der Waals surface area contributed by atoms with Gasteiger partial charge in [0, 0.05) is 49.1 Å². The number of urea groups is 1. The number of aryl methyl sites for hydroxylation is 2. The van der Waals surface area contributed by atoms with E-state index in [-0.39, 0.29) is 6.03 Å². The summed E-state index contributed by atoms with van der Waals surface area (Å²) < 4.78 is 5.09. The van der Waals surface area contributed by atoms with Crippen LogP contribution in [0.2, 0.25) is 5.02 Å². The van der Waals surface area contributed by atoms with Crippen LogP contribution in [0.25, 0.3) is 0 Å². The minimum absolute atomic E-state index is 0.323. The maximum atomic E-state index is 12.8. The van der Waals surface area contributed by atoms with Gasteiger partial charge >= 0.3 is 12.0 Å². The third-order valence-electron chi connectivity index (χ3n) is 6.24. The molecule has 0 radical (unpaired) electrons. The fourth-order valence-corrected chi connectivity index (χ4v) is 4.56. The van der Waals surface area contributed by atoms with Crippen molar-refractivity contribution in [1.29, 1.82) is 0 Å². The number of benzene rings is 2. The van der Waals surface area contributed by atoms with Crippen LogP contribution in [0.5, 0.6) is 0 Å². The highest BCUT2D eigenvalue weighted by molar-refractivity contribution is 6.30. The van der Waals surface area contributed by atoms with Crippen molar-refractivity contribution in [1.82, 2.24) is 15.5 Å². The molecule has 1 saturated heterocycles. The number of nitrogens with zero attached hydrogens (tertiary/aromatic N) is 2. The summed E-state index contributed by atoms with van der Waals surface area (Å²) in [5.74, 6) is -0.448. The minimum atomic E-state index is -0.558. The van der Waals surface area contributed by atoms with Crippen molar-refractivity contribution in [2.24, 2.45) is 0 Å². The van der Waals surface area contributed by atoms with E-state index in [9.17, 15) is 9.59 Å². The third kappa shape index (κ3) is 5.15. The van der Waals surface area contributed by atoms with Crippen molar-refractivity contribution in [3.8, 4) is 0 Å². The Hall–Kier alpha value is -3.03. The van der Waals surface area contributed by atoms with Gasteiger partial charge in [-0.3, -0.25) is 4.90 Å². The van der Waals surface area contributed by atoms with Gasteiger partial charge in [-0.05, 0) is 37.1 Å². The van der Waals surface area contributed by atoms with E-state index in [1.54, 1.807) is 0 Å². The summed E-state index contributed by atoms with van der Waals surface area (Å²) >= 11 is 6.21. The Morgan fingerprint density at radius 1 is 1.09 bits per heavy atom. The molecule has 174 valence electrons. The monoisotopic (exact) mass is 468 g/mol. The molecule has 0 spiro atoms. The van der Waals surface area contributed by atoms with Crippen LogP contribution in [0.15, 0.2) is 53.7 Å². The van der Waals surface area contributed by atoms with Gasteiger partial charge in [0.15, 0.2) is 0 Å². The molecule has 2 amide bonds. The Morgan fingerprint density at radius 3 is 2.45 bits per heavy atom. The van der Waals surface area contributed by atoms with Crippen LogP contribution in [0.4, 0.5) is 10.5 Å². The van der Waals surface area contributed by atoms with E-state index in [1.807, 2.05) is 49.4 Å². The maximum absolute atomic E-state index is 12.8. The van der Waals surface area contributed by atoms with E-state index < -0.39 is 12.0 Å². The minimum Gasteiger partial charge on any atom is -0.466 e. The first-order valence-corrected chi connectivity index (χ1v) is 11.4. The number of halogens is 1. The molecule has 1 atom stereocenters. The number of carbonyl (C=O) groups is 2. The Bertz CT molecular complexity index is 1080. The van der Waals surface area contributed by atoms with Gasteiger partial charge in [0.2, 0.25) is 0 Å². The van der Waals surface area contributed by atoms with Crippen LogP contribution in [0, 0.1) is 13.8 Å². The molecule has 2 aromatic carbocycles. The molecule has 1 unspecified atom stereocenters. The number of methoxy groups -OCH3 is 1. The molecule has 2 aliphatic rings. The van der Waals surface area contributed by atoms with Crippen LogP contribution < -0.4 is 15.5 Å². The number of amides is 2. The second kappa shape index (κ2) is 9.85. The summed E-state index contributed by atoms with van der Waals surface area (Å²) in [6.07, 6.45) is 0. The average Bonchev–Trinajstić information content (AvgIpc) is 2.81. The van der Waals surface area contributed by atoms with Crippen molar-refractivity contribution >= 4 is 29.3 Å². The largest absolute Gasteiger partial charge is 0.466 e. The second-order valence-electron chi connectivity index (χ2n) is 8.52. The Balaban J connectivity index is 1.54. The highest BCUT2D eigenvalue weighted by Gasteiger charge is 2.34. The van der Waals surface area contributed by atoms with Crippen LogP contribution in [0.1, 0.15) is 22.7 Å². The normalized spacial score (nSPS) is 19.2. The predicted octanol–water partition coefficient (Wildman–Crippen LogP) is 3.56. The summed E-state index contributed by atoms with van der Waals surface area (Å²) in [5.41, 5.74) is 5.31. The van der Waals surface area contributed by atoms with Crippen molar-refractivity contribution < 1.29 is 14.3 Å². The number of hydrogen-bond donors (Lipinski definition) is 2. The molecule has 2 heterocycles. The third-order valence-corrected chi connectivity index (χ3v) is 6.47. The highest BCUT2D eigenvalue weighted by Crippen LogP contribution is 2.29. The molecule has 0 aromatic heterocycles. The average molecular weight is 469 g/mol. The van der Waals surface area contributed by atoms with Crippen molar-refractivity contribution in [3.05, 3.63) is 75.4 Å². The SMILES string of the molecule is COC(=O)C1=C(CN2CCN(c3cc(Cl)ccc3C)CC2)NC(=O)NC1c1ccc(C)cc1. The van der Waals surface area contributed by atoms with E-state index in [1.165, 1.54) is 12.7 Å². The molecule has 2 aliphatic heterocycles. The van der Waals surface area contributed by atoms with Crippen molar-refractivity contribution in [2.75, 3.05) is 44.7 Å². The first kappa shape index (κ1) is 23.1. The summed E-state index contributed by atoms with van der Waals surface area (Å²) in [7, 11) is 1.36. The standard InChI is InChI=1S/C25H29ClN4O3/c1-16-4-7-18(8-5-16)23-22(24(31)33-3)20(27-25(32)28-23)15-29-10-12-30(13-11-29)21-14-19(26)9-6-17(21)2/h4-9,14,23H,10-13,15H2,1-3H3,(H2,27,28,32). The maximum Gasteiger partial charge on any atom is 0.338 e. The number of nitrogens with one attached hydrogen (secondary N) is 2. The van der Waals surface area contributed by atoms with Crippen LogP contribution >= 0.6 is 11.6 Å². The number of anilines is 1. The Kier molecular flexibility index (Phi) is 6.91. The highest BCUT2D eigenvalue weighted by atomic mass is 35.5. The number of rotatable bonds is 5. The number of hydrogen-bond acceptors (Lipinski definition) is 5. The lowest BCUT2D eigenvalue weighted by molar-refractivity contribution is -0.136. The Labute approximate surface area is 199 Å². The van der Waals surface area contributed by atoms with E-state index in [0.717, 1.165) is 48.0 Å². The number of carbonyl (C=O) groups excluding carboxylic acids is 2. The summed E-state index contributed by atoms with van der Waals surface area (Å²) in [5, 5.41) is 6.46. The molecule has 33 heavy (non-hydrogen) atoms.